The van der Waals surface area contributed by atoms with Gasteiger partial charge in [-0.15, -0.1) is 11.3 Å². The van der Waals surface area contributed by atoms with Gasteiger partial charge in [0, 0.05) is 4.88 Å². The van der Waals surface area contributed by atoms with Crippen molar-refractivity contribution >= 4 is 40.0 Å². The summed E-state index contributed by atoms with van der Waals surface area (Å²) < 4.78 is 1.78. The van der Waals surface area contributed by atoms with Gasteiger partial charge in [0.25, 0.3) is 0 Å². The van der Waals surface area contributed by atoms with E-state index < -0.39 is 0 Å². The van der Waals surface area contributed by atoms with Crippen molar-refractivity contribution in [3.63, 3.8) is 0 Å². The highest BCUT2D eigenvalue weighted by atomic mass is 32.2. The van der Waals surface area contributed by atoms with E-state index in [4.69, 9.17) is 0 Å². The molecule has 0 saturated heterocycles. The van der Waals surface area contributed by atoms with Crippen molar-refractivity contribution in [3.8, 4) is 5.69 Å². The third-order valence-corrected chi connectivity index (χ3v) is 6.08. The molecule has 27 heavy (non-hydrogen) atoms. The predicted molar refractivity (Wildman–Crippen MR) is 108 cm³/mol. The average Bonchev–Trinajstić information content (AvgIpc) is 3.37. The molecule has 4 aromatic rings. The van der Waals surface area contributed by atoms with E-state index in [9.17, 15) is 4.79 Å². The van der Waals surface area contributed by atoms with Crippen LogP contribution in [0.25, 0.3) is 16.7 Å². The number of hydrogen-bond acceptors (Lipinski definition) is 6. The van der Waals surface area contributed by atoms with E-state index in [1.165, 1.54) is 18.1 Å². The molecule has 0 unspecified atom stereocenters. The summed E-state index contributed by atoms with van der Waals surface area (Å²) in [6.07, 6.45) is 3.26. The summed E-state index contributed by atoms with van der Waals surface area (Å²) in [5, 5.41) is 11.1. The van der Waals surface area contributed by atoms with Crippen molar-refractivity contribution in [2.75, 3.05) is 5.75 Å². The zero-order valence-corrected chi connectivity index (χ0v) is 16.2. The Bertz CT molecular complexity index is 1050. The minimum atomic E-state index is -0.0249. The Labute approximate surface area is 164 Å². The van der Waals surface area contributed by atoms with Crippen LogP contribution in [-0.2, 0) is 4.79 Å². The second kappa shape index (κ2) is 7.89. The van der Waals surface area contributed by atoms with Gasteiger partial charge in [0.05, 0.1) is 29.1 Å². The van der Waals surface area contributed by atoms with Crippen molar-refractivity contribution in [2.45, 2.75) is 18.0 Å². The fraction of sp³-hybridized carbons (Fsp3) is 0.158. The first-order chi connectivity index (χ1) is 13.2. The number of benzene rings is 1. The first-order valence-corrected chi connectivity index (χ1v) is 10.3. The lowest BCUT2D eigenvalue weighted by Gasteiger charge is -2.11. The Kier molecular flexibility index (Phi) is 5.17. The third kappa shape index (κ3) is 3.86. The van der Waals surface area contributed by atoms with Crippen molar-refractivity contribution in [1.82, 2.24) is 25.1 Å². The molecule has 0 aliphatic carbocycles. The Morgan fingerprint density at radius 2 is 2.07 bits per heavy atom. The quantitative estimate of drug-likeness (QED) is 0.397. The number of para-hydroxylation sites is 1. The summed E-state index contributed by atoms with van der Waals surface area (Å²) in [4.78, 5) is 22.1. The van der Waals surface area contributed by atoms with Gasteiger partial charge in [-0.25, -0.2) is 14.6 Å². The molecule has 6 nitrogen and oxygen atoms in total. The Morgan fingerprint density at radius 3 is 2.85 bits per heavy atom. The number of rotatable bonds is 6. The Balaban J connectivity index is 1.48. The van der Waals surface area contributed by atoms with Crippen LogP contribution in [0.5, 0.6) is 0 Å². The molecule has 0 aliphatic heterocycles. The second-order valence-corrected chi connectivity index (χ2v) is 7.84. The largest absolute Gasteiger partial charge is 0.348 e. The lowest BCUT2D eigenvalue weighted by atomic mass is 10.3. The van der Waals surface area contributed by atoms with Gasteiger partial charge in [-0.05, 0) is 30.5 Å². The predicted octanol–water partition coefficient (Wildman–Crippen LogP) is 3.85. The lowest BCUT2D eigenvalue weighted by Crippen LogP contribution is -2.27. The number of thioether (sulfide) groups is 1. The van der Waals surface area contributed by atoms with Crippen LogP contribution in [0.4, 0.5) is 0 Å². The average molecular weight is 396 g/mol. The van der Waals surface area contributed by atoms with Gasteiger partial charge in [0.15, 0.2) is 5.65 Å². The molecule has 3 aromatic heterocycles. The highest BCUT2D eigenvalue weighted by Gasteiger charge is 2.14. The summed E-state index contributed by atoms with van der Waals surface area (Å²) in [7, 11) is 0. The van der Waals surface area contributed by atoms with Crippen LogP contribution in [0.2, 0.25) is 0 Å². The van der Waals surface area contributed by atoms with Gasteiger partial charge < -0.3 is 5.32 Å². The van der Waals surface area contributed by atoms with Crippen molar-refractivity contribution in [1.29, 1.82) is 0 Å². The van der Waals surface area contributed by atoms with Crippen LogP contribution in [0, 0.1) is 0 Å². The molecule has 1 atom stereocenters. The molecule has 8 heteroatoms. The molecule has 4 rings (SSSR count). The SMILES string of the molecule is C[C@@H](NC(=O)CSc1ncnc2c1cnn2-c1ccccc1)c1cccs1. The molecule has 3 heterocycles. The molecule has 0 saturated carbocycles. The zero-order valence-electron chi connectivity index (χ0n) is 14.6. The summed E-state index contributed by atoms with van der Waals surface area (Å²) in [5.74, 6) is 0.265. The Hall–Kier alpha value is -2.71. The zero-order chi connectivity index (χ0) is 18.6. The summed E-state index contributed by atoms with van der Waals surface area (Å²) in [5.41, 5.74) is 1.66. The second-order valence-electron chi connectivity index (χ2n) is 5.90. The number of amides is 1. The number of nitrogens with zero attached hydrogens (tertiary/aromatic N) is 4. The molecular formula is C19H17N5OS2. The molecule has 0 spiro atoms. The Morgan fingerprint density at radius 1 is 1.22 bits per heavy atom. The van der Waals surface area contributed by atoms with Gasteiger partial charge >= 0.3 is 0 Å². The van der Waals surface area contributed by atoms with Gasteiger partial charge in [-0.3, -0.25) is 4.79 Å². The topological polar surface area (TPSA) is 72.7 Å². The highest BCUT2D eigenvalue weighted by Crippen LogP contribution is 2.26. The summed E-state index contributed by atoms with van der Waals surface area (Å²) >= 11 is 3.03. The van der Waals surface area contributed by atoms with Crippen LogP contribution in [-0.4, -0.2) is 31.4 Å². The van der Waals surface area contributed by atoms with E-state index in [0.717, 1.165) is 26.6 Å². The van der Waals surface area contributed by atoms with Gasteiger partial charge in [-0.1, -0.05) is 36.0 Å². The summed E-state index contributed by atoms with van der Waals surface area (Å²) in [6.45, 7) is 1.99. The van der Waals surface area contributed by atoms with E-state index in [2.05, 4.69) is 20.4 Å². The molecule has 1 aromatic carbocycles. The van der Waals surface area contributed by atoms with E-state index in [0.29, 0.717) is 5.75 Å². The van der Waals surface area contributed by atoms with E-state index in [1.807, 2.05) is 54.8 Å². The maximum absolute atomic E-state index is 12.3. The van der Waals surface area contributed by atoms with Crippen LogP contribution in [0.15, 0.2) is 65.4 Å². The van der Waals surface area contributed by atoms with Crippen LogP contribution >= 0.6 is 23.1 Å². The van der Waals surface area contributed by atoms with Gasteiger partial charge in [0.1, 0.15) is 11.4 Å². The number of aromatic nitrogens is 4. The molecule has 0 fully saturated rings. The normalized spacial score (nSPS) is 12.2. The minimum Gasteiger partial charge on any atom is -0.348 e. The molecule has 1 N–H and O–H groups in total. The van der Waals surface area contributed by atoms with E-state index in [-0.39, 0.29) is 11.9 Å². The lowest BCUT2D eigenvalue weighted by molar-refractivity contribution is -0.119. The van der Waals surface area contributed by atoms with Crippen LogP contribution in [0.1, 0.15) is 17.8 Å². The molecule has 0 bridgehead atoms. The van der Waals surface area contributed by atoms with E-state index in [1.54, 1.807) is 22.2 Å². The maximum atomic E-state index is 12.3. The molecule has 136 valence electrons. The van der Waals surface area contributed by atoms with Gasteiger partial charge in [0.2, 0.25) is 5.91 Å². The smallest absolute Gasteiger partial charge is 0.230 e. The van der Waals surface area contributed by atoms with Crippen LogP contribution < -0.4 is 5.32 Å². The number of carbonyl (C=O) groups is 1. The third-order valence-electron chi connectivity index (χ3n) is 4.02. The van der Waals surface area contributed by atoms with E-state index >= 15 is 0 Å². The first-order valence-electron chi connectivity index (χ1n) is 8.42. The van der Waals surface area contributed by atoms with Gasteiger partial charge in [-0.2, -0.15) is 5.10 Å². The highest BCUT2D eigenvalue weighted by molar-refractivity contribution is 8.00. The van der Waals surface area contributed by atoms with Crippen LogP contribution in [0.3, 0.4) is 0 Å². The number of hydrogen-bond donors (Lipinski definition) is 1. The molecular weight excluding hydrogens is 378 g/mol. The first kappa shape index (κ1) is 17.7. The number of fused-ring (bicyclic) bond motifs is 1. The fourth-order valence-corrected chi connectivity index (χ4v) is 4.23. The fourth-order valence-electron chi connectivity index (χ4n) is 2.72. The van der Waals surface area contributed by atoms with Crippen molar-refractivity contribution in [2.24, 2.45) is 0 Å². The number of nitrogens with one attached hydrogen (secondary N) is 1. The number of thiophene rings is 1. The standard InChI is InChI=1S/C19H17N5OS2/c1-13(16-8-5-9-26-16)23-17(25)11-27-19-15-10-22-24(18(15)20-12-21-19)14-6-3-2-4-7-14/h2-10,12-13H,11H2,1H3,(H,23,25)/t13-/m1/s1. The molecule has 1 amide bonds. The van der Waals surface area contributed by atoms with Crippen molar-refractivity contribution in [3.05, 3.63) is 65.2 Å². The van der Waals surface area contributed by atoms with Crippen molar-refractivity contribution < 1.29 is 4.79 Å². The maximum Gasteiger partial charge on any atom is 0.230 e. The number of carbonyl (C=O) groups excluding carboxylic acids is 1. The minimum absolute atomic E-state index is 0.00403. The molecule has 0 aliphatic rings. The summed E-state index contributed by atoms with van der Waals surface area (Å²) in [6, 6.07) is 13.8. The monoisotopic (exact) mass is 395 g/mol. The molecule has 0 radical (unpaired) electrons.